The molecule has 0 radical (unpaired) electrons. The summed E-state index contributed by atoms with van der Waals surface area (Å²) in [6.45, 7) is 10.5. The Bertz CT molecular complexity index is 684. The highest BCUT2D eigenvalue weighted by Crippen LogP contribution is 2.17. The van der Waals surface area contributed by atoms with Crippen molar-refractivity contribution in [3.05, 3.63) is 35.9 Å². The minimum Gasteiger partial charge on any atom is -0.443 e. The van der Waals surface area contributed by atoms with E-state index in [4.69, 9.17) is 14.7 Å². The van der Waals surface area contributed by atoms with Crippen LogP contribution in [0.2, 0.25) is 0 Å². The standard InChI is InChI=1S/C21H31N3O4/c1-20(2,3)27-18(25)23-24(19(26)28-21(4,5)6)17(13-10-14-22)15-16-11-8-7-9-12-16/h7-9,11-12,17H,10,13,15H2,1-6H3,(H,23,25)/t17-/m1/s1. The van der Waals surface area contributed by atoms with Crippen LogP contribution in [0.4, 0.5) is 9.59 Å². The Hall–Kier alpha value is -2.75. The first-order valence-electron chi connectivity index (χ1n) is 9.34. The van der Waals surface area contributed by atoms with Gasteiger partial charge in [0.25, 0.3) is 0 Å². The molecule has 154 valence electrons. The molecule has 0 aliphatic heterocycles. The summed E-state index contributed by atoms with van der Waals surface area (Å²) >= 11 is 0. The first-order valence-corrected chi connectivity index (χ1v) is 9.34. The number of ether oxygens (including phenoxy) is 2. The van der Waals surface area contributed by atoms with Crippen LogP contribution in [0.15, 0.2) is 30.3 Å². The van der Waals surface area contributed by atoms with Crippen molar-refractivity contribution in [3.8, 4) is 6.07 Å². The molecule has 0 aromatic heterocycles. The zero-order valence-corrected chi connectivity index (χ0v) is 17.6. The summed E-state index contributed by atoms with van der Waals surface area (Å²) in [5, 5.41) is 10.2. The molecule has 0 heterocycles. The SMILES string of the molecule is CC(C)(C)OC(=O)NN(C(=O)OC(C)(C)C)[C@H](CCC#N)Cc1ccccc1. The third kappa shape index (κ3) is 9.26. The van der Waals surface area contributed by atoms with Gasteiger partial charge in [-0.05, 0) is 59.9 Å². The first kappa shape index (κ1) is 23.3. The largest absolute Gasteiger partial charge is 0.443 e. The predicted molar refractivity (Wildman–Crippen MR) is 106 cm³/mol. The number of benzene rings is 1. The minimum absolute atomic E-state index is 0.229. The van der Waals surface area contributed by atoms with Crippen LogP contribution in [0.5, 0.6) is 0 Å². The lowest BCUT2D eigenvalue weighted by Gasteiger charge is -2.34. The Morgan fingerprint density at radius 1 is 1.07 bits per heavy atom. The average Bonchev–Trinajstić information content (AvgIpc) is 2.54. The number of nitrogens with one attached hydrogen (secondary N) is 1. The molecule has 0 fully saturated rings. The number of amides is 2. The van der Waals surface area contributed by atoms with Crippen molar-refractivity contribution in [3.63, 3.8) is 0 Å². The maximum Gasteiger partial charge on any atom is 0.429 e. The number of hydrogen-bond donors (Lipinski definition) is 1. The van der Waals surface area contributed by atoms with Crippen molar-refractivity contribution in [1.82, 2.24) is 10.4 Å². The lowest BCUT2D eigenvalue weighted by Crippen LogP contribution is -2.55. The van der Waals surface area contributed by atoms with Crippen LogP contribution in [-0.4, -0.2) is 34.4 Å². The number of carbonyl (C=O) groups excluding carboxylic acids is 2. The summed E-state index contributed by atoms with van der Waals surface area (Å²) in [6, 6.07) is 11.2. The molecule has 1 aromatic rings. The normalized spacial score (nSPS) is 12.5. The van der Waals surface area contributed by atoms with Crippen LogP contribution < -0.4 is 5.43 Å². The summed E-state index contributed by atoms with van der Waals surface area (Å²) in [5.41, 5.74) is 2.03. The van der Waals surface area contributed by atoms with Gasteiger partial charge in [-0.15, -0.1) is 0 Å². The monoisotopic (exact) mass is 389 g/mol. The van der Waals surface area contributed by atoms with Crippen molar-refractivity contribution >= 4 is 12.2 Å². The van der Waals surface area contributed by atoms with Gasteiger partial charge in [0.1, 0.15) is 11.2 Å². The fourth-order valence-electron chi connectivity index (χ4n) is 2.44. The summed E-state index contributed by atoms with van der Waals surface area (Å²) in [4.78, 5) is 25.1. The van der Waals surface area contributed by atoms with Crippen LogP contribution >= 0.6 is 0 Å². The predicted octanol–water partition coefficient (Wildman–Crippen LogP) is 4.58. The molecule has 0 saturated heterocycles. The van der Waals surface area contributed by atoms with E-state index in [1.165, 1.54) is 0 Å². The average molecular weight is 389 g/mol. The van der Waals surface area contributed by atoms with Gasteiger partial charge in [-0.3, -0.25) is 0 Å². The zero-order chi connectivity index (χ0) is 21.4. The zero-order valence-electron chi connectivity index (χ0n) is 17.6. The maximum absolute atomic E-state index is 12.8. The van der Waals surface area contributed by atoms with Crippen LogP contribution in [0.1, 0.15) is 59.9 Å². The molecule has 2 amide bonds. The highest BCUT2D eigenvalue weighted by Gasteiger charge is 2.31. The second-order valence-corrected chi connectivity index (χ2v) is 8.50. The van der Waals surface area contributed by atoms with E-state index in [0.717, 1.165) is 10.6 Å². The number of hydrogen-bond acceptors (Lipinski definition) is 5. The molecule has 28 heavy (non-hydrogen) atoms. The Morgan fingerprint density at radius 3 is 2.14 bits per heavy atom. The number of hydrazine groups is 1. The smallest absolute Gasteiger partial charge is 0.429 e. The van der Waals surface area contributed by atoms with Crippen LogP contribution in [0.3, 0.4) is 0 Å². The van der Waals surface area contributed by atoms with E-state index in [2.05, 4.69) is 11.5 Å². The van der Waals surface area contributed by atoms with Crippen molar-refractivity contribution in [2.75, 3.05) is 0 Å². The summed E-state index contributed by atoms with van der Waals surface area (Å²) in [6.07, 6.45) is -0.393. The topological polar surface area (TPSA) is 91.7 Å². The molecule has 0 aliphatic carbocycles. The first-order chi connectivity index (χ1) is 12.9. The van der Waals surface area contributed by atoms with Crippen molar-refractivity contribution in [2.45, 2.75) is 78.0 Å². The van der Waals surface area contributed by atoms with Gasteiger partial charge in [-0.25, -0.2) is 20.0 Å². The van der Waals surface area contributed by atoms with E-state index < -0.39 is 29.4 Å². The number of carbonyl (C=O) groups is 2. The van der Waals surface area contributed by atoms with Crippen molar-refractivity contribution in [1.29, 1.82) is 5.26 Å². The van der Waals surface area contributed by atoms with Crippen molar-refractivity contribution in [2.24, 2.45) is 0 Å². The highest BCUT2D eigenvalue weighted by atomic mass is 16.6. The van der Waals surface area contributed by atoms with Gasteiger partial charge in [0.05, 0.1) is 12.1 Å². The molecule has 1 rings (SSSR count). The molecule has 0 unspecified atom stereocenters. The fourth-order valence-corrected chi connectivity index (χ4v) is 2.44. The summed E-state index contributed by atoms with van der Waals surface area (Å²) in [5.74, 6) is 0. The second kappa shape index (κ2) is 9.98. The van der Waals surface area contributed by atoms with Gasteiger partial charge >= 0.3 is 12.2 Å². The number of rotatable bonds is 5. The minimum atomic E-state index is -0.756. The lowest BCUT2D eigenvalue weighted by molar-refractivity contribution is -0.0104. The van der Waals surface area contributed by atoms with Gasteiger partial charge in [0.2, 0.25) is 0 Å². The van der Waals surface area contributed by atoms with Crippen LogP contribution in [0, 0.1) is 11.3 Å². The Kier molecular flexibility index (Phi) is 8.30. The molecular formula is C21H31N3O4. The lowest BCUT2D eigenvalue weighted by atomic mass is 10.0. The summed E-state index contributed by atoms with van der Waals surface area (Å²) < 4.78 is 10.8. The third-order valence-corrected chi connectivity index (χ3v) is 3.47. The van der Waals surface area contributed by atoms with Crippen LogP contribution in [0.25, 0.3) is 0 Å². The van der Waals surface area contributed by atoms with E-state index >= 15 is 0 Å². The van der Waals surface area contributed by atoms with Gasteiger partial charge < -0.3 is 9.47 Å². The molecule has 0 bridgehead atoms. The highest BCUT2D eigenvalue weighted by molar-refractivity contribution is 5.74. The molecule has 1 aromatic carbocycles. The quantitative estimate of drug-likeness (QED) is 0.744. The molecule has 0 spiro atoms. The van der Waals surface area contributed by atoms with Crippen LogP contribution in [-0.2, 0) is 15.9 Å². The Balaban J connectivity index is 3.11. The van der Waals surface area contributed by atoms with Gasteiger partial charge in [0, 0.05) is 6.42 Å². The fraction of sp³-hybridized carbons (Fsp3) is 0.571. The van der Waals surface area contributed by atoms with E-state index in [-0.39, 0.29) is 6.42 Å². The van der Waals surface area contributed by atoms with E-state index in [1.54, 1.807) is 41.5 Å². The molecule has 0 saturated carbocycles. The van der Waals surface area contributed by atoms with E-state index in [9.17, 15) is 9.59 Å². The summed E-state index contributed by atoms with van der Waals surface area (Å²) in [7, 11) is 0. The van der Waals surface area contributed by atoms with E-state index in [1.807, 2.05) is 30.3 Å². The molecule has 1 atom stereocenters. The second-order valence-electron chi connectivity index (χ2n) is 8.50. The van der Waals surface area contributed by atoms with Gasteiger partial charge in [-0.2, -0.15) is 5.26 Å². The van der Waals surface area contributed by atoms with Crippen molar-refractivity contribution < 1.29 is 19.1 Å². The Morgan fingerprint density at radius 2 is 1.64 bits per heavy atom. The molecular weight excluding hydrogens is 358 g/mol. The van der Waals surface area contributed by atoms with Gasteiger partial charge in [0.15, 0.2) is 0 Å². The molecule has 0 aliphatic rings. The maximum atomic E-state index is 12.8. The number of nitrogens with zero attached hydrogens (tertiary/aromatic N) is 2. The Labute approximate surface area is 167 Å². The third-order valence-electron chi connectivity index (χ3n) is 3.47. The number of nitriles is 1. The molecule has 7 nitrogen and oxygen atoms in total. The van der Waals surface area contributed by atoms with Gasteiger partial charge in [-0.1, -0.05) is 30.3 Å². The van der Waals surface area contributed by atoms with E-state index in [0.29, 0.717) is 12.8 Å². The molecule has 1 N–H and O–H groups in total. The molecule has 7 heteroatoms.